The van der Waals surface area contributed by atoms with Gasteiger partial charge in [-0.1, -0.05) is 5.21 Å². The van der Waals surface area contributed by atoms with E-state index in [1.165, 1.54) is 7.05 Å². The first-order valence-electron chi connectivity index (χ1n) is 4.36. The van der Waals surface area contributed by atoms with Gasteiger partial charge in [-0.3, -0.25) is 0 Å². The van der Waals surface area contributed by atoms with Crippen molar-refractivity contribution in [2.24, 2.45) is 7.05 Å². The van der Waals surface area contributed by atoms with Crippen LogP contribution in [0, 0.1) is 0 Å². The van der Waals surface area contributed by atoms with Gasteiger partial charge in [0.2, 0.25) is 5.03 Å². The molecule has 0 radical (unpaired) electrons. The summed E-state index contributed by atoms with van der Waals surface area (Å²) in [5, 5.41) is 6.91. The molecular weight excluding hydrogens is 336 g/mol. The number of aryl methyl sites for hydroxylation is 1. The van der Waals surface area contributed by atoms with Crippen LogP contribution in [0.2, 0.25) is 0 Å². The fraction of sp³-hybridized carbons (Fsp3) is 0.667. The Balaban J connectivity index is 2.84. The van der Waals surface area contributed by atoms with E-state index in [1.807, 2.05) is 0 Å². The molecular formula is C6H11BrN4O4S2. The minimum absolute atomic E-state index is 0.0758. The normalized spacial score (nSPS) is 12.9. The van der Waals surface area contributed by atoms with Crippen LogP contribution in [0.5, 0.6) is 0 Å². The Morgan fingerprint density at radius 1 is 1.35 bits per heavy atom. The molecule has 0 spiro atoms. The second-order valence-corrected chi connectivity index (χ2v) is 8.03. The number of sulfonamides is 1. The van der Waals surface area contributed by atoms with E-state index in [0.717, 1.165) is 10.9 Å². The Morgan fingerprint density at radius 2 is 1.94 bits per heavy atom. The smallest absolute Gasteiger partial charge is 0.235 e. The molecule has 0 aromatic carbocycles. The number of halogens is 1. The number of nitrogens with one attached hydrogen (secondary N) is 1. The van der Waals surface area contributed by atoms with Crippen LogP contribution in [0.25, 0.3) is 0 Å². The van der Waals surface area contributed by atoms with Gasteiger partial charge in [-0.05, 0) is 15.9 Å². The Kier molecular flexibility index (Phi) is 4.28. The van der Waals surface area contributed by atoms with Crippen molar-refractivity contribution in [3.8, 4) is 0 Å². The standard InChI is InChI=1S/C6H11BrN4O4S2/c1-11-6(5(7)9-10-11)17(14,15)8-3-4-16(2,12)13/h8H,3-4H2,1-2H3. The third kappa shape index (κ3) is 4.01. The van der Waals surface area contributed by atoms with Crippen LogP contribution in [0.15, 0.2) is 9.63 Å². The van der Waals surface area contributed by atoms with Crippen molar-refractivity contribution >= 4 is 35.8 Å². The molecule has 1 heterocycles. The Labute approximate surface area is 107 Å². The summed E-state index contributed by atoms with van der Waals surface area (Å²) in [7, 11) is -5.62. The van der Waals surface area contributed by atoms with Gasteiger partial charge in [0.15, 0.2) is 4.60 Å². The third-order valence-electron chi connectivity index (χ3n) is 1.76. The predicted octanol–water partition coefficient (Wildman–Crippen LogP) is -1.10. The van der Waals surface area contributed by atoms with Gasteiger partial charge in [0.05, 0.1) is 5.75 Å². The fourth-order valence-electron chi connectivity index (χ4n) is 1.04. The molecule has 0 bridgehead atoms. The largest absolute Gasteiger partial charge is 0.260 e. The summed E-state index contributed by atoms with van der Waals surface area (Å²) in [6.45, 7) is -0.196. The zero-order valence-electron chi connectivity index (χ0n) is 9.08. The Morgan fingerprint density at radius 3 is 2.35 bits per heavy atom. The van der Waals surface area contributed by atoms with Crippen molar-refractivity contribution in [1.82, 2.24) is 19.7 Å². The zero-order valence-corrected chi connectivity index (χ0v) is 12.3. The lowest BCUT2D eigenvalue weighted by atomic mass is 10.8. The highest BCUT2D eigenvalue weighted by Crippen LogP contribution is 2.17. The molecule has 98 valence electrons. The number of nitrogens with zero attached hydrogens (tertiary/aromatic N) is 3. The number of sulfone groups is 1. The average Bonchev–Trinajstić information content (AvgIpc) is 2.43. The number of rotatable bonds is 5. The van der Waals surface area contributed by atoms with Crippen LogP contribution in [0.1, 0.15) is 0 Å². The lowest BCUT2D eigenvalue weighted by Gasteiger charge is -2.05. The van der Waals surface area contributed by atoms with E-state index in [9.17, 15) is 16.8 Å². The van der Waals surface area contributed by atoms with Crippen molar-refractivity contribution in [2.75, 3.05) is 18.6 Å². The quantitative estimate of drug-likeness (QED) is 0.724. The Bertz CT molecular complexity index is 586. The van der Waals surface area contributed by atoms with Crippen molar-refractivity contribution in [2.45, 2.75) is 5.03 Å². The summed E-state index contributed by atoms with van der Waals surface area (Å²) in [4.78, 5) is 0. The highest BCUT2D eigenvalue weighted by molar-refractivity contribution is 9.10. The van der Waals surface area contributed by atoms with E-state index in [2.05, 4.69) is 31.0 Å². The summed E-state index contributed by atoms with van der Waals surface area (Å²) >= 11 is 2.95. The van der Waals surface area contributed by atoms with E-state index in [0.29, 0.717) is 0 Å². The van der Waals surface area contributed by atoms with E-state index < -0.39 is 19.9 Å². The molecule has 1 N–H and O–H groups in total. The van der Waals surface area contributed by atoms with E-state index in [1.54, 1.807) is 0 Å². The molecule has 0 atom stereocenters. The molecule has 11 heteroatoms. The van der Waals surface area contributed by atoms with Gasteiger partial charge in [-0.15, -0.1) is 5.10 Å². The van der Waals surface area contributed by atoms with Gasteiger partial charge in [0.1, 0.15) is 9.84 Å². The van der Waals surface area contributed by atoms with Gasteiger partial charge in [-0.25, -0.2) is 26.2 Å². The van der Waals surface area contributed by atoms with Gasteiger partial charge in [0, 0.05) is 19.8 Å². The van der Waals surface area contributed by atoms with Gasteiger partial charge in [-0.2, -0.15) is 0 Å². The van der Waals surface area contributed by atoms with Crippen LogP contribution in [-0.4, -0.2) is 50.4 Å². The molecule has 1 rings (SSSR count). The predicted molar refractivity (Wildman–Crippen MR) is 63.6 cm³/mol. The maximum absolute atomic E-state index is 11.8. The zero-order chi connectivity index (χ0) is 13.3. The van der Waals surface area contributed by atoms with Gasteiger partial charge < -0.3 is 0 Å². The van der Waals surface area contributed by atoms with Crippen molar-refractivity contribution in [3.05, 3.63) is 4.60 Å². The molecule has 0 saturated heterocycles. The number of hydrogen-bond donors (Lipinski definition) is 1. The number of hydrogen-bond acceptors (Lipinski definition) is 6. The molecule has 0 unspecified atom stereocenters. The molecule has 0 aliphatic carbocycles. The van der Waals surface area contributed by atoms with Crippen molar-refractivity contribution in [3.63, 3.8) is 0 Å². The van der Waals surface area contributed by atoms with Crippen LogP contribution >= 0.6 is 15.9 Å². The minimum atomic E-state index is -3.82. The second kappa shape index (κ2) is 5.00. The fourth-order valence-corrected chi connectivity index (χ4v) is 3.76. The summed E-state index contributed by atoms with van der Waals surface area (Å²) in [6.07, 6.45) is 1.03. The van der Waals surface area contributed by atoms with Crippen LogP contribution in [0.4, 0.5) is 0 Å². The molecule has 0 aliphatic rings. The maximum Gasteiger partial charge on any atom is 0.260 e. The first-order chi connectivity index (χ1) is 7.63. The average molecular weight is 347 g/mol. The van der Waals surface area contributed by atoms with E-state index in [-0.39, 0.29) is 21.9 Å². The van der Waals surface area contributed by atoms with Crippen molar-refractivity contribution < 1.29 is 16.8 Å². The van der Waals surface area contributed by atoms with Crippen LogP contribution in [-0.2, 0) is 26.9 Å². The van der Waals surface area contributed by atoms with Crippen LogP contribution < -0.4 is 4.72 Å². The summed E-state index contributed by atoms with van der Waals surface area (Å²) < 4.78 is 48.6. The lowest BCUT2D eigenvalue weighted by molar-refractivity contribution is 0.561. The molecule has 0 fully saturated rings. The monoisotopic (exact) mass is 346 g/mol. The first-order valence-corrected chi connectivity index (χ1v) is 8.70. The molecule has 0 amide bonds. The molecule has 1 aromatic rings. The topological polar surface area (TPSA) is 111 Å². The molecule has 0 aliphatic heterocycles. The third-order valence-corrected chi connectivity index (χ3v) is 5.05. The second-order valence-electron chi connectivity index (χ2n) is 3.34. The van der Waals surface area contributed by atoms with Crippen molar-refractivity contribution in [1.29, 1.82) is 0 Å². The summed E-state index contributed by atoms with van der Waals surface area (Å²) in [5.41, 5.74) is 0. The SMILES string of the molecule is Cn1nnc(Br)c1S(=O)(=O)NCCS(C)(=O)=O. The number of aromatic nitrogens is 3. The highest BCUT2D eigenvalue weighted by Gasteiger charge is 2.23. The summed E-state index contributed by atoms with van der Waals surface area (Å²) in [5.74, 6) is -0.269. The highest BCUT2D eigenvalue weighted by atomic mass is 79.9. The lowest BCUT2D eigenvalue weighted by Crippen LogP contribution is -2.30. The molecule has 8 nitrogen and oxygen atoms in total. The van der Waals surface area contributed by atoms with E-state index >= 15 is 0 Å². The van der Waals surface area contributed by atoms with Crippen LogP contribution in [0.3, 0.4) is 0 Å². The minimum Gasteiger partial charge on any atom is -0.235 e. The Hall–Kier alpha value is -0.520. The maximum atomic E-state index is 11.8. The van der Waals surface area contributed by atoms with Gasteiger partial charge in [0.25, 0.3) is 10.0 Å². The summed E-state index contributed by atoms with van der Waals surface area (Å²) in [6, 6.07) is 0. The van der Waals surface area contributed by atoms with Gasteiger partial charge >= 0.3 is 0 Å². The van der Waals surface area contributed by atoms with E-state index in [4.69, 9.17) is 0 Å². The molecule has 0 saturated carbocycles. The first kappa shape index (κ1) is 14.5. The molecule has 1 aromatic heterocycles. The molecule has 17 heavy (non-hydrogen) atoms.